The summed E-state index contributed by atoms with van der Waals surface area (Å²) in [5.41, 5.74) is 6.42. The van der Waals surface area contributed by atoms with Crippen molar-refractivity contribution in [2.75, 3.05) is 0 Å². The van der Waals surface area contributed by atoms with Gasteiger partial charge in [0.05, 0.1) is 23.2 Å². The summed E-state index contributed by atoms with van der Waals surface area (Å²) < 4.78 is 8.94. The van der Waals surface area contributed by atoms with Crippen molar-refractivity contribution in [1.82, 2.24) is 9.55 Å². The van der Waals surface area contributed by atoms with E-state index >= 15 is 0 Å². The number of para-hydroxylation sites is 2. The van der Waals surface area contributed by atoms with Gasteiger partial charge >= 0.3 is 5.97 Å². The number of carbonyl (C=O) groups excluding carboxylic acids is 1. The largest absolute Gasteiger partial charge is 0.423 e. The highest BCUT2D eigenvalue weighted by atomic mass is 79.9. The van der Waals surface area contributed by atoms with Crippen LogP contribution in [-0.4, -0.2) is 15.5 Å². The molecule has 4 aromatic carbocycles. The van der Waals surface area contributed by atoms with E-state index in [2.05, 4.69) is 26.6 Å². The Kier molecular flexibility index (Phi) is 6.83. The number of halogens is 1. The number of aromatic nitrogens is 2. The molecule has 4 nitrogen and oxygen atoms in total. The van der Waals surface area contributed by atoms with Gasteiger partial charge in [0.15, 0.2) is 0 Å². The van der Waals surface area contributed by atoms with E-state index in [9.17, 15) is 4.79 Å². The van der Waals surface area contributed by atoms with Crippen LogP contribution in [0.5, 0.6) is 5.75 Å². The maximum absolute atomic E-state index is 13.5. The smallest absolute Gasteiger partial charge is 0.344 e. The summed E-state index contributed by atoms with van der Waals surface area (Å²) in [7, 11) is 0. The topological polar surface area (TPSA) is 44.1 Å². The van der Waals surface area contributed by atoms with Crippen LogP contribution in [0.4, 0.5) is 0 Å². The molecule has 0 saturated heterocycles. The summed E-state index contributed by atoms with van der Waals surface area (Å²) in [5.74, 6) is 0.760. The third-order valence-corrected chi connectivity index (χ3v) is 6.83. The van der Waals surface area contributed by atoms with E-state index in [0.717, 1.165) is 37.8 Å². The first kappa shape index (κ1) is 23.8. The highest BCUT2D eigenvalue weighted by Gasteiger charge is 2.18. The van der Waals surface area contributed by atoms with Crippen molar-refractivity contribution >= 4 is 44.6 Å². The van der Waals surface area contributed by atoms with Gasteiger partial charge < -0.3 is 9.30 Å². The lowest BCUT2D eigenvalue weighted by Crippen LogP contribution is -2.11. The summed E-state index contributed by atoms with van der Waals surface area (Å²) in [6.07, 6.45) is 1.83. The van der Waals surface area contributed by atoms with E-state index in [4.69, 9.17) is 9.72 Å². The molecule has 0 aliphatic rings. The van der Waals surface area contributed by atoms with Crippen molar-refractivity contribution in [2.24, 2.45) is 0 Å². The second kappa shape index (κ2) is 10.3. The molecule has 0 aliphatic heterocycles. The fourth-order valence-electron chi connectivity index (χ4n) is 4.06. The fraction of sp³-hybridized carbons (Fsp3) is 0.0968. The van der Waals surface area contributed by atoms with Gasteiger partial charge in [-0.1, -0.05) is 93.8 Å². The first-order chi connectivity index (χ1) is 17.5. The number of nitrogens with zero attached hydrogens (tertiary/aromatic N) is 2. The molecule has 36 heavy (non-hydrogen) atoms. The Hall–Kier alpha value is -3.96. The van der Waals surface area contributed by atoms with Gasteiger partial charge in [-0.3, -0.25) is 0 Å². The standard InChI is InChI=1S/C31H25BrN2O2/c1-21-11-15-23(16-12-21)26(31(35)36-25-17-13-22(2)14-18-25)19-30-33-28-9-5-6-10-29(28)34(30)20-24-7-3-4-8-27(24)32/h3-19H,20H2,1-2H3. The Morgan fingerprint density at radius 3 is 2.22 bits per heavy atom. The monoisotopic (exact) mass is 536 g/mol. The van der Waals surface area contributed by atoms with Crippen molar-refractivity contribution in [3.05, 3.63) is 130 Å². The van der Waals surface area contributed by atoms with E-state index in [-0.39, 0.29) is 0 Å². The van der Waals surface area contributed by atoms with Crippen molar-refractivity contribution in [1.29, 1.82) is 0 Å². The molecule has 0 saturated carbocycles. The van der Waals surface area contributed by atoms with E-state index in [1.807, 2.05) is 111 Å². The molecule has 5 heteroatoms. The maximum Gasteiger partial charge on any atom is 0.344 e. The number of hydrogen-bond donors (Lipinski definition) is 0. The zero-order chi connectivity index (χ0) is 25.1. The predicted molar refractivity (Wildman–Crippen MR) is 149 cm³/mol. The third-order valence-electron chi connectivity index (χ3n) is 6.06. The molecular weight excluding hydrogens is 512 g/mol. The number of benzene rings is 4. The Bertz CT molecular complexity index is 1570. The van der Waals surface area contributed by atoms with Crippen LogP contribution in [-0.2, 0) is 11.3 Å². The zero-order valence-electron chi connectivity index (χ0n) is 20.1. The molecule has 178 valence electrons. The first-order valence-electron chi connectivity index (χ1n) is 11.7. The number of ether oxygens (including phenoxy) is 1. The van der Waals surface area contributed by atoms with Gasteiger partial charge in [0.1, 0.15) is 11.6 Å². The normalized spacial score (nSPS) is 11.6. The van der Waals surface area contributed by atoms with Crippen LogP contribution in [0.3, 0.4) is 0 Å². The molecule has 0 N–H and O–H groups in total. The summed E-state index contributed by atoms with van der Waals surface area (Å²) in [4.78, 5) is 18.4. The predicted octanol–water partition coefficient (Wildman–Crippen LogP) is 7.61. The number of aryl methyl sites for hydroxylation is 2. The molecule has 0 unspecified atom stereocenters. The van der Waals surface area contributed by atoms with Crippen molar-refractivity contribution in [2.45, 2.75) is 20.4 Å². The summed E-state index contributed by atoms with van der Waals surface area (Å²) in [6, 6.07) is 31.5. The average molecular weight is 537 g/mol. The molecule has 0 spiro atoms. The molecule has 5 rings (SSSR count). The van der Waals surface area contributed by atoms with Crippen LogP contribution in [0, 0.1) is 13.8 Å². The minimum absolute atomic E-state index is 0.429. The first-order valence-corrected chi connectivity index (χ1v) is 12.5. The van der Waals surface area contributed by atoms with Gasteiger partial charge in [-0.2, -0.15) is 0 Å². The van der Waals surface area contributed by atoms with Crippen LogP contribution in [0.15, 0.2) is 102 Å². The van der Waals surface area contributed by atoms with E-state index < -0.39 is 5.97 Å². The Morgan fingerprint density at radius 1 is 0.861 bits per heavy atom. The molecule has 0 aliphatic carbocycles. The quantitative estimate of drug-likeness (QED) is 0.127. The molecule has 0 atom stereocenters. The number of fused-ring (bicyclic) bond motifs is 1. The minimum atomic E-state index is -0.429. The summed E-state index contributed by atoms with van der Waals surface area (Å²) in [6.45, 7) is 4.62. The Labute approximate surface area is 219 Å². The maximum atomic E-state index is 13.5. The zero-order valence-corrected chi connectivity index (χ0v) is 21.7. The number of imidazole rings is 1. The summed E-state index contributed by atoms with van der Waals surface area (Å²) in [5, 5.41) is 0. The van der Waals surface area contributed by atoms with Gasteiger partial charge in [0, 0.05) is 4.47 Å². The highest BCUT2D eigenvalue weighted by molar-refractivity contribution is 9.10. The lowest BCUT2D eigenvalue weighted by atomic mass is 10.0. The SMILES string of the molecule is Cc1ccc(OC(=O)C(=Cc2nc3ccccc3n2Cc2ccccc2Br)c2ccc(C)cc2)cc1. The molecule has 5 aromatic rings. The van der Waals surface area contributed by atoms with E-state index in [1.165, 1.54) is 0 Å². The lowest BCUT2D eigenvalue weighted by Gasteiger charge is -2.12. The van der Waals surface area contributed by atoms with Gasteiger partial charge in [0.2, 0.25) is 0 Å². The van der Waals surface area contributed by atoms with Gasteiger partial charge in [-0.15, -0.1) is 0 Å². The minimum Gasteiger partial charge on any atom is -0.423 e. The van der Waals surface area contributed by atoms with E-state index in [1.54, 1.807) is 0 Å². The lowest BCUT2D eigenvalue weighted by molar-refractivity contribution is -0.127. The number of hydrogen-bond acceptors (Lipinski definition) is 3. The van der Waals surface area contributed by atoms with Crippen molar-refractivity contribution in [3.8, 4) is 5.75 Å². The Morgan fingerprint density at radius 2 is 1.50 bits per heavy atom. The molecule has 0 radical (unpaired) electrons. The summed E-state index contributed by atoms with van der Waals surface area (Å²) >= 11 is 3.67. The third kappa shape index (κ3) is 5.16. The van der Waals surface area contributed by atoms with Crippen molar-refractivity contribution < 1.29 is 9.53 Å². The molecule has 1 aromatic heterocycles. The molecule has 1 heterocycles. The van der Waals surface area contributed by atoms with Crippen LogP contribution in [0.1, 0.15) is 28.1 Å². The number of rotatable bonds is 6. The molecule has 0 bridgehead atoms. The van der Waals surface area contributed by atoms with Gasteiger partial charge in [-0.05, 0) is 61.4 Å². The highest BCUT2D eigenvalue weighted by Crippen LogP contribution is 2.27. The van der Waals surface area contributed by atoms with Crippen molar-refractivity contribution in [3.63, 3.8) is 0 Å². The molecule has 0 fully saturated rings. The van der Waals surface area contributed by atoms with Crippen LogP contribution < -0.4 is 4.74 Å². The van der Waals surface area contributed by atoms with Crippen LogP contribution >= 0.6 is 15.9 Å². The second-order valence-corrected chi connectivity index (χ2v) is 9.62. The van der Waals surface area contributed by atoms with Gasteiger partial charge in [-0.25, -0.2) is 9.78 Å². The number of esters is 1. The Balaban J connectivity index is 1.63. The molecular formula is C31H25BrN2O2. The average Bonchev–Trinajstić information content (AvgIpc) is 3.23. The second-order valence-electron chi connectivity index (χ2n) is 8.76. The molecule has 0 amide bonds. The van der Waals surface area contributed by atoms with Crippen LogP contribution in [0.2, 0.25) is 0 Å². The van der Waals surface area contributed by atoms with Crippen LogP contribution in [0.25, 0.3) is 22.7 Å². The van der Waals surface area contributed by atoms with E-state index in [0.29, 0.717) is 23.7 Å². The van der Waals surface area contributed by atoms with Gasteiger partial charge in [0.25, 0.3) is 0 Å². The number of carbonyl (C=O) groups is 1. The fourth-order valence-corrected chi connectivity index (χ4v) is 4.47.